The van der Waals surface area contributed by atoms with Crippen LogP contribution >= 0.6 is 11.6 Å². The van der Waals surface area contributed by atoms with Gasteiger partial charge in [0.05, 0.1) is 6.04 Å². The highest BCUT2D eigenvalue weighted by molar-refractivity contribution is 6.31. The molecule has 1 unspecified atom stereocenters. The number of halogens is 1. The summed E-state index contributed by atoms with van der Waals surface area (Å²) in [5.74, 6) is 0. The molecular formula is C16H19ClN2. The Morgan fingerprint density at radius 2 is 1.95 bits per heavy atom. The van der Waals surface area contributed by atoms with Crippen LogP contribution in [0.1, 0.15) is 35.2 Å². The van der Waals surface area contributed by atoms with E-state index in [0.29, 0.717) is 0 Å². The summed E-state index contributed by atoms with van der Waals surface area (Å²) in [6.07, 6.45) is 3.76. The second-order valence-corrected chi connectivity index (χ2v) is 5.22. The SMILES string of the molecule is CCNC(c1cncc(C)c1)c1ccc(C)cc1Cl. The van der Waals surface area contributed by atoms with Gasteiger partial charge in [0.25, 0.3) is 0 Å². The van der Waals surface area contributed by atoms with Crippen LogP contribution in [-0.4, -0.2) is 11.5 Å². The van der Waals surface area contributed by atoms with Crippen molar-refractivity contribution in [3.63, 3.8) is 0 Å². The summed E-state index contributed by atoms with van der Waals surface area (Å²) in [6.45, 7) is 7.07. The maximum absolute atomic E-state index is 6.39. The molecule has 1 aromatic carbocycles. The molecule has 0 aliphatic carbocycles. The fourth-order valence-corrected chi connectivity index (χ4v) is 2.56. The molecule has 2 rings (SSSR count). The fraction of sp³-hybridized carbons (Fsp3) is 0.312. The molecule has 0 spiro atoms. The largest absolute Gasteiger partial charge is 0.306 e. The second-order valence-electron chi connectivity index (χ2n) is 4.81. The molecule has 0 bridgehead atoms. The first-order chi connectivity index (χ1) is 9.11. The van der Waals surface area contributed by atoms with E-state index in [1.54, 1.807) is 0 Å². The van der Waals surface area contributed by atoms with Crippen molar-refractivity contribution in [3.8, 4) is 0 Å². The van der Waals surface area contributed by atoms with Crippen molar-refractivity contribution in [2.75, 3.05) is 6.54 Å². The summed E-state index contributed by atoms with van der Waals surface area (Å²) in [5, 5.41) is 4.28. The molecule has 0 radical (unpaired) electrons. The second kappa shape index (κ2) is 6.18. The van der Waals surface area contributed by atoms with E-state index < -0.39 is 0 Å². The predicted molar refractivity (Wildman–Crippen MR) is 80.7 cm³/mol. The molecule has 100 valence electrons. The highest BCUT2D eigenvalue weighted by Gasteiger charge is 2.16. The van der Waals surface area contributed by atoms with E-state index in [9.17, 15) is 0 Å². The molecule has 1 aromatic heterocycles. The first-order valence-electron chi connectivity index (χ1n) is 6.52. The zero-order valence-corrected chi connectivity index (χ0v) is 12.3. The summed E-state index contributed by atoms with van der Waals surface area (Å²) in [4.78, 5) is 4.28. The van der Waals surface area contributed by atoms with E-state index in [0.717, 1.165) is 28.3 Å². The van der Waals surface area contributed by atoms with Crippen molar-refractivity contribution in [2.24, 2.45) is 0 Å². The lowest BCUT2D eigenvalue weighted by molar-refractivity contribution is 0.628. The number of aryl methyl sites for hydroxylation is 2. The number of benzene rings is 1. The summed E-state index contributed by atoms with van der Waals surface area (Å²) < 4.78 is 0. The molecule has 3 heteroatoms. The number of hydrogen-bond acceptors (Lipinski definition) is 2. The van der Waals surface area contributed by atoms with E-state index in [-0.39, 0.29) is 6.04 Å². The fourth-order valence-electron chi connectivity index (χ4n) is 2.21. The van der Waals surface area contributed by atoms with Gasteiger partial charge in [-0.2, -0.15) is 0 Å². The standard InChI is InChI=1S/C16H19ClN2/c1-4-19-16(13-7-12(3)9-18-10-13)14-6-5-11(2)8-15(14)17/h5-10,16,19H,4H2,1-3H3. The van der Waals surface area contributed by atoms with E-state index in [1.807, 2.05) is 25.4 Å². The first-order valence-corrected chi connectivity index (χ1v) is 6.90. The maximum Gasteiger partial charge on any atom is 0.0606 e. The van der Waals surface area contributed by atoms with Crippen LogP contribution < -0.4 is 5.32 Å². The van der Waals surface area contributed by atoms with Gasteiger partial charge in [0, 0.05) is 17.4 Å². The Bertz CT molecular complexity index is 566. The molecule has 1 N–H and O–H groups in total. The minimum Gasteiger partial charge on any atom is -0.306 e. The minimum atomic E-state index is 0.0884. The number of rotatable bonds is 4. The van der Waals surface area contributed by atoms with Crippen LogP contribution in [-0.2, 0) is 0 Å². The average Bonchev–Trinajstić information content (AvgIpc) is 2.37. The molecule has 0 saturated heterocycles. The maximum atomic E-state index is 6.39. The van der Waals surface area contributed by atoms with Gasteiger partial charge < -0.3 is 5.32 Å². The molecule has 0 aliphatic heterocycles. The van der Waals surface area contributed by atoms with Crippen molar-refractivity contribution >= 4 is 11.6 Å². The Labute approximate surface area is 119 Å². The van der Waals surface area contributed by atoms with Crippen LogP contribution in [0.2, 0.25) is 5.02 Å². The molecule has 2 aromatic rings. The quantitative estimate of drug-likeness (QED) is 0.910. The van der Waals surface area contributed by atoms with E-state index in [1.165, 1.54) is 5.56 Å². The molecule has 0 saturated carbocycles. The number of hydrogen-bond donors (Lipinski definition) is 1. The number of nitrogens with one attached hydrogen (secondary N) is 1. The third kappa shape index (κ3) is 3.34. The van der Waals surface area contributed by atoms with Gasteiger partial charge in [-0.1, -0.05) is 36.7 Å². The molecular weight excluding hydrogens is 256 g/mol. The lowest BCUT2D eigenvalue weighted by Crippen LogP contribution is -2.22. The Hall–Kier alpha value is -1.38. The molecule has 1 atom stereocenters. The number of nitrogens with zero attached hydrogens (tertiary/aromatic N) is 1. The zero-order chi connectivity index (χ0) is 13.8. The summed E-state index contributed by atoms with van der Waals surface area (Å²) >= 11 is 6.39. The van der Waals surface area contributed by atoms with Gasteiger partial charge in [0.1, 0.15) is 0 Å². The Balaban J connectivity index is 2.45. The zero-order valence-electron chi connectivity index (χ0n) is 11.6. The minimum absolute atomic E-state index is 0.0884. The van der Waals surface area contributed by atoms with Gasteiger partial charge in [-0.3, -0.25) is 4.98 Å². The highest BCUT2D eigenvalue weighted by Crippen LogP contribution is 2.29. The van der Waals surface area contributed by atoms with Gasteiger partial charge in [-0.25, -0.2) is 0 Å². The lowest BCUT2D eigenvalue weighted by atomic mass is 9.98. The van der Waals surface area contributed by atoms with Gasteiger partial charge in [-0.15, -0.1) is 0 Å². The van der Waals surface area contributed by atoms with Crippen LogP contribution in [0.3, 0.4) is 0 Å². The molecule has 2 nitrogen and oxygen atoms in total. The summed E-state index contributed by atoms with van der Waals surface area (Å²) in [7, 11) is 0. The first kappa shape index (κ1) is 14.0. The van der Waals surface area contributed by atoms with Crippen LogP contribution in [0, 0.1) is 13.8 Å². The molecule has 0 amide bonds. The van der Waals surface area contributed by atoms with Crippen molar-refractivity contribution < 1.29 is 0 Å². The Morgan fingerprint density at radius 3 is 2.58 bits per heavy atom. The van der Waals surface area contributed by atoms with Gasteiger partial charge >= 0.3 is 0 Å². The third-order valence-corrected chi connectivity index (χ3v) is 3.43. The van der Waals surface area contributed by atoms with Gasteiger partial charge in [0.2, 0.25) is 0 Å². The summed E-state index contributed by atoms with van der Waals surface area (Å²) in [6, 6.07) is 8.42. The van der Waals surface area contributed by atoms with Crippen LogP contribution in [0.25, 0.3) is 0 Å². The molecule has 0 aliphatic rings. The smallest absolute Gasteiger partial charge is 0.0606 e. The average molecular weight is 275 g/mol. The molecule has 1 heterocycles. The number of aromatic nitrogens is 1. The normalized spacial score (nSPS) is 12.4. The Morgan fingerprint density at radius 1 is 1.16 bits per heavy atom. The van der Waals surface area contributed by atoms with Crippen molar-refractivity contribution in [2.45, 2.75) is 26.8 Å². The van der Waals surface area contributed by atoms with Crippen LogP contribution in [0.5, 0.6) is 0 Å². The van der Waals surface area contributed by atoms with Crippen molar-refractivity contribution in [1.29, 1.82) is 0 Å². The lowest BCUT2D eigenvalue weighted by Gasteiger charge is -2.20. The van der Waals surface area contributed by atoms with Crippen molar-refractivity contribution in [1.82, 2.24) is 10.3 Å². The Kier molecular flexibility index (Phi) is 4.56. The van der Waals surface area contributed by atoms with Crippen LogP contribution in [0.15, 0.2) is 36.7 Å². The van der Waals surface area contributed by atoms with Gasteiger partial charge in [-0.05, 0) is 48.7 Å². The van der Waals surface area contributed by atoms with Crippen molar-refractivity contribution in [3.05, 3.63) is 63.9 Å². The van der Waals surface area contributed by atoms with E-state index in [2.05, 4.69) is 42.3 Å². The molecule has 19 heavy (non-hydrogen) atoms. The predicted octanol–water partition coefficient (Wildman–Crippen LogP) is 4.05. The van der Waals surface area contributed by atoms with Gasteiger partial charge in [0.15, 0.2) is 0 Å². The van der Waals surface area contributed by atoms with E-state index >= 15 is 0 Å². The summed E-state index contributed by atoms with van der Waals surface area (Å²) in [5.41, 5.74) is 4.57. The van der Waals surface area contributed by atoms with E-state index in [4.69, 9.17) is 11.6 Å². The highest BCUT2D eigenvalue weighted by atomic mass is 35.5. The number of pyridine rings is 1. The third-order valence-electron chi connectivity index (χ3n) is 3.10. The topological polar surface area (TPSA) is 24.9 Å². The monoisotopic (exact) mass is 274 g/mol. The molecule has 0 fully saturated rings. The van der Waals surface area contributed by atoms with Crippen LogP contribution in [0.4, 0.5) is 0 Å².